The Morgan fingerprint density at radius 3 is 2.47 bits per heavy atom. The summed E-state index contributed by atoms with van der Waals surface area (Å²) in [7, 11) is 3.27. The molecule has 0 radical (unpaired) electrons. The first-order chi connectivity index (χ1) is 21.2. The molecule has 9 nitrogen and oxygen atoms in total. The van der Waals surface area contributed by atoms with Crippen molar-refractivity contribution in [2.45, 2.75) is 31.5 Å². The van der Waals surface area contributed by atoms with Gasteiger partial charge in [-0.1, -0.05) is 42.5 Å². The molecule has 2 N–H and O–H groups in total. The molecule has 1 aliphatic heterocycles. The van der Waals surface area contributed by atoms with E-state index in [2.05, 4.69) is 22.8 Å². The monoisotopic (exact) mass is 592 g/mol. The fourth-order valence-electron chi connectivity index (χ4n) is 5.05. The minimum atomic E-state index is -0.185. The molecule has 1 amide bonds. The number of amides is 1. The maximum atomic E-state index is 12.5. The van der Waals surface area contributed by atoms with Gasteiger partial charge in [0.2, 0.25) is 0 Å². The van der Waals surface area contributed by atoms with Gasteiger partial charge in [0, 0.05) is 38.1 Å². The summed E-state index contributed by atoms with van der Waals surface area (Å²) in [5.74, 6) is 2.32. The first-order valence-electron chi connectivity index (χ1n) is 14.9. The number of piperidine rings is 1. The van der Waals surface area contributed by atoms with Gasteiger partial charge >= 0.3 is 0 Å². The fourth-order valence-corrected chi connectivity index (χ4v) is 5.05. The van der Waals surface area contributed by atoms with Crippen molar-refractivity contribution in [3.05, 3.63) is 89.5 Å². The van der Waals surface area contributed by atoms with E-state index in [-0.39, 0.29) is 17.9 Å². The Kier molecular flexibility index (Phi) is 13.6. The smallest absolute Gasteiger partial charge is 0.255 e. The standard InChI is InChI=1S/C34H44N2O7/c1-38-21-18-36-34(37)30-9-4-6-11-32(30)42-22-23-43-33-24-35-17-16-29(33)26-12-14-28(15-13-26)41-20-7-19-40-25-27-8-3-5-10-31(27)39-2/h3-6,8-15,29,33,35H,7,16-25H2,1-2H3,(H,36,37). The molecule has 1 fully saturated rings. The van der Waals surface area contributed by atoms with Gasteiger partial charge in [-0.2, -0.15) is 0 Å². The van der Waals surface area contributed by atoms with Crippen molar-refractivity contribution >= 4 is 5.91 Å². The maximum Gasteiger partial charge on any atom is 0.255 e. The van der Waals surface area contributed by atoms with Gasteiger partial charge in [0.15, 0.2) is 0 Å². The van der Waals surface area contributed by atoms with Crippen LogP contribution < -0.4 is 24.8 Å². The Bertz CT molecular complexity index is 1240. The second-order valence-corrected chi connectivity index (χ2v) is 10.2. The number of ether oxygens (including phenoxy) is 6. The van der Waals surface area contributed by atoms with Crippen LogP contribution in [0, 0.1) is 0 Å². The molecule has 0 spiro atoms. The van der Waals surface area contributed by atoms with Crippen LogP contribution in [0.1, 0.15) is 40.2 Å². The predicted octanol–water partition coefficient (Wildman–Crippen LogP) is 4.60. The first-order valence-corrected chi connectivity index (χ1v) is 14.9. The quantitative estimate of drug-likeness (QED) is 0.207. The summed E-state index contributed by atoms with van der Waals surface area (Å²) in [6, 6.07) is 23.4. The zero-order valence-electron chi connectivity index (χ0n) is 25.2. The van der Waals surface area contributed by atoms with E-state index in [1.54, 1.807) is 26.4 Å². The van der Waals surface area contributed by atoms with Gasteiger partial charge in [-0.05, 0) is 48.9 Å². The number of benzene rings is 3. The minimum absolute atomic E-state index is 0.0251. The molecule has 3 aromatic rings. The van der Waals surface area contributed by atoms with E-state index in [0.717, 1.165) is 43.0 Å². The van der Waals surface area contributed by atoms with Crippen LogP contribution in [0.25, 0.3) is 0 Å². The number of carbonyl (C=O) groups is 1. The largest absolute Gasteiger partial charge is 0.496 e. The molecule has 4 rings (SSSR count). The summed E-state index contributed by atoms with van der Waals surface area (Å²) < 4.78 is 34.3. The topological polar surface area (TPSA) is 96.5 Å². The van der Waals surface area contributed by atoms with Crippen molar-refractivity contribution in [3.63, 3.8) is 0 Å². The summed E-state index contributed by atoms with van der Waals surface area (Å²) in [6.07, 6.45) is 1.81. The number of hydrogen-bond donors (Lipinski definition) is 2. The Morgan fingerprint density at radius 1 is 0.860 bits per heavy atom. The lowest BCUT2D eigenvalue weighted by atomic mass is 9.88. The highest BCUT2D eigenvalue weighted by Gasteiger charge is 2.27. The minimum Gasteiger partial charge on any atom is -0.496 e. The Hall–Kier alpha value is -3.63. The Labute approximate surface area is 254 Å². The zero-order chi connectivity index (χ0) is 30.1. The molecular formula is C34H44N2O7. The molecule has 3 aromatic carbocycles. The average Bonchev–Trinajstić information content (AvgIpc) is 3.05. The van der Waals surface area contributed by atoms with Crippen molar-refractivity contribution in [1.82, 2.24) is 10.6 Å². The number of para-hydroxylation sites is 2. The third-order valence-electron chi connectivity index (χ3n) is 7.28. The molecule has 9 heteroatoms. The van der Waals surface area contributed by atoms with Gasteiger partial charge in [0.1, 0.15) is 23.9 Å². The summed E-state index contributed by atoms with van der Waals surface area (Å²) in [4.78, 5) is 12.5. The third-order valence-corrected chi connectivity index (χ3v) is 7.28. The molecule has 1 heterocycles. The van der Waals surface area contributed by atoms with Crippen LogP contribution in [0.3, 0.4) is 0 Å². The van der Waals surface area contributed by atoms with Gasteiger partial charge in [-0.25, -0.2) is 0 Å². The van der Waals surface area contributed by atoms with Gasteiger partial charge in [-0.3, -0.25) is 4.79 Å². The number of hydrogen-bond acceptors (Lipinski definition) is 8. The molecule has 1 aliphatic rings. The van der Waals surface area contributed by atoms with Gasteiger partial charge in [0.25, 0.3) is 5.91 Å². The number of rotatable bonds is 18. The van der Waals surface area contributed by atoms with E-state index in [1.807, 2.05) is 48.5 Å². The zero-order valence-corrected chi connectivity index (χ0v) is 25.2. The fraction of sp³-hybridized carbons (Fsp3) is 0.441. The predicted molar refractivity (Wildman–Crippen MR) is 165 cm³/mol. The number of carbonyl (C=O) groups excluding carboxylic acids is 1. The highest BCUT2D eigenvalue weighted by atomic mass is 16.5. The van der Waals surface area contributed by atoms with Crippen LogP contribution in [-0.2, 0) is 20.8 Å². The molecule has 2 atom stereocenters. The Morgan fingerprint density at radius 2 is 1.65 bits per heavy atom. The van der Waals surface area contributed by atoms with Crippen LogP contribution in [0.4, 0.5) is 0 Å². The lowest BCUT2D eigenvalue weighted by Crippen LogP contribution is -2.41. The van der Waals surface area contributed by atoms with E-state index in [0.29, 0.717) is 57.5 Å². The molecule has 0 aliphatic carbocycles. The molecule has 0 bridgehead atoms. The summed E-state index contributed by atoms with van der Waals surface area (Å²) in [6.45, 7) is 5.10. The number of methoxy groups -OCH3 is 2. The summed E-state index contributed by atoms with van der Waals surface area (Å²) >= 11 is 0. The van der Waals surface area contributed by atoms with E-state index >= 15 is 0 Å². The first kappa shape index (κ1) is 32.3. The SMILES string of the molecule is COCCNC(=O)c1ccccc1OCCOC1CNCCC1c1ccc(OCCCOCc2ccccc2OC)cc1. The normalized spacial score (nSPS) is 16.4. The second-order valence-electron chi connectivity index (χ2n) is 10.2. The number of nitrogens with one attached hydrogen (secondary N) is 2. The molecule has 0 aromatic heterocycles. The third kappa shape index (κ3) is 10.2. The van der Waals surface area contributed by atoms with Crippen molar-refractivity contribution < 1.29 is 33.2 Å². The van der Waals surface area contributed by atoms with Crippen LogP contribution in [-0.4, -0.2) is 78.9 Å². The second kappa shape index (κ2) is 18.1. The van der Waals surface area contributed by atoms with E-state index in [1.165, 1.54) is 5.56 Å². The van der Waals surface area contributed by atoms with E-state index < -0.39 is 0 Å². The Balaban J connectivity index is 1.18. The highest BCUT2D eigenvalue weighted by Crippen LogP contribution is 2.29. The van der Waals surface area contributed by atoms with Crippen molar-refractivity contribution in [2.24, 2.45) is 0 Å². The molecule has 0 saturated carbocycles. The van der Waals surface area contributed by atoms with Crippen LogP contribution in [0.5, 0.6) is 17.2 Å². The van der Waals surface area contributed by atoms with Gasteiger partial charge in [0.05, 0.1) is 51.8 Å². The highest BCUT2D eigenvalue weighted by molar-refractivity contribution is 5.96. The van der Waals surface area contributed by atoms with Crippen molar-refractivity contribution in [2.75, 3.05) is 66.9 Å². The maximum absolute atomic E-state index is 12.5. The van der Waals surface area contributed by atoms with E-state index in [4.69, 9.17) is 28.4 Å². The molecular weight excluding hydrogens is 548 g/mol. The van der Waals surface area contributed by atoms with Crippen LogP contribution >= 0.6 is 0 Å². The lowest BCUT2D eigenvalue weighted by Gasteiger charge is -2.32. The van der Waals surface area contributed by atoms with Crippen LogP contribution in [0.15, 0.2) is 72.8 Å². The average molecular weight is 593 g/mol. The van der Waals surface area contributed by atoms with Crippen molar-refractivity contribution in [1.29, 1.82) is 0 Å². The lowest BCUT2D eigenvalue weighted by molar-refractivity contribution is 0.00720. The van der Waals surface area contributed by atoms with Crippen LogP contribution in [0.2, 0.25) is 0 Å². The molecule has 43 heavy (non-hydrogen) atoms. The van der Waals surface area contributed by atoms with Gasteiger partial charge < -0.3 is 39.1 Å². The van der Waals surface area contributed by atoms with Gasteiger partial charge in [-0.15, -0.1) is 0 Å². The van der Waals surface area contributed by atoms with Crippen molar-refractivity contribution in [3.8, 4) is 17.2 Å². The summed E-state index contributed by atoms with van der Waals surface area (Å²) in [5.41, 5.74) is 2.77. The molecule has 1 saturated heterocycles. The van der Waals surface area contributed by atoms with E-state index in [9.17, 15) is 4.79 Å². The molecule has 2 unspecified atom stereocenters. The summed E-state index contributed by atoms with van der Waals surface area (Å²) in [5, 5.41) is 6.28. The molecule has 232 valence electrons.